The Labute approximate surface area is 122 Å². The molecule has 21 heavy (non-hydrogen) atoms. The molecule has 0 unspecified atom stereocenters. The van der Waals surface area contributed by atoms with E-state index in [0.29, 0.717) is 11.5 Å². The number of aromatic nitrogens is 2. The van der Waals surface area contributed by atoms with Crippen LogP contribution in [0.3, 0.4) is 0 Å². The monoisotopic (exact) mass is 291 g/mol. The number of methoxy groups -OCH3 is 2. The summed E-state index contributed by atoms with van der Waals surface area (Å²) in [5, 5.41) is 4.00. The quantitative estimate of drug-likeness (QED) is 0.661. The molecule has 1 heterocycles. The molecular formula is C14H17N3O4. The molecule has 112 valence electrons. The van der Waals surface area contributed by atoms with Crippen molar-refractivity contribution in [2.24, 2.45) is 7.05 Å². The lowest BCUT2D eigenvalue weighted by Crippen LogP contribution is -2.09. The number of benzene rings is 1. The highest BCUT2D eigenvalue weighted by Gasteiger charge is 2.17. The van der Waals surface area contributed by atoms with Gasteiger partial charge in [0.2, 0.25) is 0 Å². The fourth-order valence-electron chi connectivity index (χ4n) is 1.83. The van der Waals surface area contributed by atoms with Crippen LogP contribution in [0.2, 0.25) is 0 Å². The maximum atomic E-state index is 12.1. The minimum atomic E-state index is -0.548. The van der Waals surface area contributed by atoms with Crippen molar-refractivity contribution in [3.63, 3.8) is 0 Å². The second-order valence-corrected chi connectivity index (χ2v) is 4.39. The molecule has 0 atom stereocenters. The SMILES string of the molecule is COc1cc(OC)c(N)c(C(=O)OCc2cnn(C)c2)c1. The van der Waals surface area contributed by atoms with Crippen LogP contribution in [0.5, 0.6) is 11.5 Å². The minimum absolute atomic E-state index is 0.117. The predicted octanol–water partition coefficient (Wildman–Crippen LogP) is 1.38. The topological polar surface area (TPSA) is 88.6 Å². The molecule has 2 N–H and O–H groups in total. The van der Waals surface area contributed by atoms with E-state index in [4.69, 9.17) is 19.9 Å². The van der Waals surface area contributed by atoms with E-state index in [1.165, 1.54) is 20.3 Å². The Balaban J connectivity index is 2.18. The molecular weight excluding hydrogens is 274 g/mol. The number of nitrogen functional groups attached to an aromatic ring is 1. The van der Waals surface area contributed by atoms with E-state index in [0.717, 1.165) is 5.56 Å². The van der Waals surface area contributed by atoms with Crippen LogP contribution in [0.15, 0.2) is 24.5 Å². The summed E-state index contributed by atoms with van der Waals surface area (Å²) in [5.74, 6) is 0.283. The molecule has 0 aliphatic carbocycles. The first-order valence-corrected chi connectivity index (χ1v) is 6.21. The number of anilines is 1. The van der Waals surface area contributed by atoms with Crippen molar-refractivity contribution in [1.29, 1.82) is 0 Å². The lowest BCUT2D eigenvalue weighted by Gasteiger charge is -2.12. The van der Waals surface area contributed by atoms with Crippen molar-refractivity contribution < 1.29 is 19.0 Å². The summed E-state index contributed by atoms with van der Waals surface area (Å²) in [4.78, 5) is 12.1. The largest absolute Gasteiger partial charge is 0.497 e. The molecule has 0 aliphatic heterocycles. The van der Waals surface area contributed by atoms with Gasteiger partial charge in [0, 0.05) is 24.9 Å². The van der Waals surface area contributed by atoms with Crippen molar-refractivity contribution >= 4 is 11.7 Å². The van der Waals surface area contributed by atoms with Crippen molar-refractivity contribution in [3.8, 4) is 11.5 Å². The van der Waals surface area contributed by atoms with E-state index in [-0.39, 0.29) is 17.9 Å². The molecule has 1 aromatic carbocycles. The van der Waals surface area contributed by atoms with Gasteiger partial charge < -0.3 is 19.9 Å². The second kappa shape index (κ2) is 6.17. The van der Waals surface area contributed by atoms with Crippen molar-refractivity contribution in [3.05, 3.63) is 35.7 Å². The maximum absolute atomic E-state index is 12.1. The predicted molar refractivity (Wildman–Crippen MR) is 76.3 cm³/mol. The van der Waals surface area contributed by atoms with Crippen LogP contribution in [0, 0.1) is 0 Å². The normalized spacial score (nSPS) is 10.2. The number of carbonyl (C=O) groups is 1. The molecule has 2 aromatic rings. The van der Waals surface area contributed by atoms with Crippen LogP contribution in [0.1, 0.15) is 15.9 Å². The summed E-state index contributed by atoms with van der Waals surface area (Å²) >= 11 is 0. The van der Waals surface area contributed by atoms with Gasteiger partial charge in [0.25, 0.3) is 0 Å². The first-order valence-electron chi connectivity index (χ1n) is 6.21. The Kier molecular flexibility index (Phi) is 4.32. The number of hydrogen-bond acceptors (Lipinski definition) is 6. The van der Waals surface area contributed by atoms with Crippen LogP contribution < -0.4 is 15.2 Å². The maximum Gasteiger partial charge on any atom is 0.340 e. The second-order valence-electron chi connectivity index (χ2n) is 4.39. The summed E-state index contributed by atoms with van der Waals surface area (Å²) in [7, 11) is 4.75. The van der Waals surface area contributed by atoms with Gasteiger partial charge in [-0.1, -0.05) is 0 Å². The third kappa shape index (κ3) is 3.25. The molecule has 0 spiro atoms. The fourth-order valence-corrected chi connectivity index (χ4v) is 1.83. The number of hydrogen-bond donors (Lipinski definition) is 1. The molecule has 2 rings (SSSR count). The average Bonchev–Trinajstić information content (AvgIpc) is 2.90. The lowest BCUT2D eigenvalue weighted by molar-refractivity contribution is 0.0473. The highest BCUT2D eigenvalue weighted by atomic mass is 16.5. The number of esters is 1. The van der Waals surface area contributed by atoms with Gasteiger partial charge in [0.15, 0.2) is 0 Å². The molecule has 0 fully saturated rings. The molecule has 7 nitrogen and oxygen atoms in total. The summed E-state index contributed by atoms with van der Waals surface area (Å²) in [5.41, 5.74) is 7.11. The standard InChI is InChI=1S/C14H17N3O4/c1-17-7-9(6-16-17)8-21-14(18)11-4-10(19-2)5-12(20-3)13(11)15/h4-7H,8,15H2,1-3H3. The van der Waals surface area contributed by atoms with E-state index in [2.05, 4.69) is 5.10 Å². The number of ether oxygens (including phenoxy) is 3. The molecule has 0 saturated heterocycles. The van der Waals surface area contributed by atoms with Gasteiger partial charge in [-0.05, 0) is 6.07 Å². The van der Waals surface area contributed by atoms with E-state index in [1.54, 1.807) is 30.2 Å². The first kappa shape index (κ1) is 14.7. The van der Waals surface area contributed by atoms with E-state index in [1.807, 2.05) is 0 Å². The third-order valence-electron chi connectivity index (χ3n) is 2.92. The average molecular weight is 291 g/mol. The van der Waals surface area contributed by atoms with Gasteiger partial charge in [-0.25, -0.2) is 4.79 Å². The Morgan fingerprint density at radius 3 is 2.67 bits per heavy atom. The van der Waals surface area contributed by atoms with E-state index < -0.39 is 5.97 Å². The van der Waals surface area contributed by atoms with Gasteiger partial charge in [0.05, 0.1) is 31.7 Å². The Morgan fingerprint density at radius 2 is 2.10 bits per heavy atom. The number of nitrogens with two attached hydrogens (primary N) is 1. The zero-order valence-electron chi connectivity index (χ0n) is 12.1. The van der Waals surface area contributed by atoms with Gasteiger partial charge in [-0.3, -0.25) is 4.68 Å². The molecule has 7 heteroatoms. The number of nitrogens with zero attached hydrogens (tertiary/aromatic N) is 2. The lowest BCUT2D eigenvalue weighted by atomic mass is 10.1. The molecule has 0 radical (unpaired) electrons. The molecule has 1 aromatic heterocycles. The van der Waals surface area contributed by atoms with Crippen molar-refractivity contribution in [2.45, 2.75) is 6.61 Å². The third-order valence-corrected chi connectivity index (χ3v) is 2.92. The first-order chi connectivity index (χ1) is 10.0. The zero-order chi connectivity index (χ0) is 15.4. The smallest absolute Gasteiger partial charge is 0.340 e. The van der Waals surface area contributed by atoms with Crippen molar-refractivity contribution in [1.82, 2.24) is 9.78 Å². The van der Waals surface area contributed by atoms with Crippen LogP contribution in [0.25, 0.3) is 0 Å². The summed E-state index contributed by atoms with van der Waals surface area (Å²) in [6.45, 7) is 0.117. The summed E-state index contributed by atoms with van der Waals surface area (Å²) < 4.78 is 17.1. The summed E-state index contributed by atoms with van der Waals surface area (Å²) in [6, 6.07) is 3.12. The number of aryl methyl sites for hydroxylation is 1. The van der Waals surface area contributed by atoms with Gasteiger partial charge in [-0.15, -0.1) is 0 Å². The van der Waals surface area contributed by atoms with Gasteiger partial charge in [0.1, 0.15) is 18.1 Å². The molecule has 0 aliphatic rings. The Hall–Kier alpha value is -2.70. The molecule has 0 bridgehead atoms. The zero-order valence-corrected chi connectivity index (χ0v) is 12.1. The fraction of sp³-hybridized carbons (Fsp3) is 0.286. The van der Waals surface area contributed by atoms with Crippen molar-refractivity contribution in [2.75, 3.05) is 20.0 Å². The Morgan fingerprint density at radius 1 is 1.33 bits per heavy atom. The van der Waals surface area contributed by atoms with Gasteiger partial charge in [-0.2, -0.15) is 5.10 Å². The van der Waals surface area contributed by atoms with Crippen LogP contribution in [-0.2, 0) is 18.4 Å². The van der Waals surface area contributed by atoms with E-state index in [9.17, 15) is 4.79 Å². The van der Waals surface area contributed by atoms with Crippen LogP contribution >= 0.6 is 0 Å². The van der Waals surface area contributed by atoms with Crippen LogP contribution in [-0.4, -0.2) is 30.0 Å². The molecule has 0 saturated carbocycles. The Bertz CT molecular complexity index is 652. The highest BCUT2D eigenvalue weighted by Crippen LogP contribution is 2.31. The van der Waals surface area contributed by atoms with Gasteiger partial charge >= 0.3 is 5.97 Å². The highest BCUT2D eigenvalue weighted by molar-refractivity contribution is 5.97. The van der Waals surface area contributed by atoms with E-state index >= 15 is 0 Å². The summed E-state index contributed by atoms with van der Waals surface area (Å²) in [6.07, 6.45) is 3.39. The minimum Gasteiger partial charge on any atom is -0.497 e. The van der Waals surface area contributed by atoms with Crippen LogP contribution in [0.4, 0.5) is 5.69 Å². The number of carbonyl (C=O) groups excluding carboxylic acids is 1. The number of rotatable bonds is 5. The molecule has 0 amide bonds.